The van der Waals surface area contributed by atoms with Crippen LogP contribution in [0.4, 0.5) is 17.5 Å². The molecule has 9 heterocycles. The zero-order valence-corrected chi connectivity index (χ0v) is 36.1. The molecule has 33 heteroatoms. The van der Waals surface area contributed by atoms with Crippen molar-refractivity contribution in [1.82, 2.24) is 58.6 Å². The maximum absolute atomic E-state index is 14.0. The number of nitrogens with zero attached hydrogens (tertiary/aromatic N) is 12. The van der Waals surface area contributed by atoms with E-state index < -0.39 is 91.9 Å². The van der Waals surface area contributed by atoms with Crippen LogP contribution in [0, 0.1) is 0 Å². The summed E-state index contributed by atoms with van der Waals surface area (Å²) < 4.78 is 95.3. The normalized spacial score (nSPS) is 29.1. The van der Waals surface area contributed by atoms with Crippen LogP contribution in [0.2, 0.25) is 0 Å². The molecule has 9 rings (SSSR count). The van der Waals surface area contributed by atoms with E-state index in [2.05, 4.69) is 44.9 Å². The number of hydrogen-bond donors (Lipinski definition) is 6. The van der Waals surface area contributed by atoms with Gasteiger partial charge in [-0.15, -0.1) is 0 Å². The molecular formula is C31H40N15O15P3. The van der Waals surface area contributed by atoms with E-state index in [0.717, 1.165) is 6.66 Å². The average Bonchev–Trinajstić information content (AvgIpc) is 4.09. The van der Waals surface area contributed by atoms with Gasteiger partial charge in [0.05, 0.1) is 38.3 Å². The Morgan fingerprint density at radius 3 is 1.50 bits per heavy atom. The van der Waals surface area contributed by atoms with E-state index in [9.17, 15) is 28.4 Å². The lowest BCUT2D eigenvalue weighted by molar-refractivity contribution is -0.138. The summed E-state index contributed by atoms with van der Waals surface area (Å²) in [5.74, 6) is 0.296. The third-order valence-corrected chi connectivity index (χ3v) is 13.1. The number of hydrogen-bond acceptors (Lipinski definition) is 24. The van der Waals surface area contributed by atoms with Crippen molar-refractivity contribution in [2.45, 2.75) is 74.8 Å². The van der Waals surface area contributed by atoms with Gasteiger partial charge in [-0.25, -0.2) is 54.0 Å². The standard InChI is InChI=1S/C31H40N15O15P3/c1-53-14-3-19(44-11-41-22-25(32)35-8-38-28(22)44)56-17(14)7-55-63(49,50)61-31-16(5-21(58-31)46-13-43-24-27(34)37-10-40-30(24)46)60-64(51,52)59-15-4-20(57-18(15)6-54-62(2,47)48)45-12-42-23-26(33)36-9-39-29(23)45/h8-21,31H,3-7H2,1-2H3,(H,47,48)(H,49,50)(H,51,52)(H2,32,35,38)(H2,33,36,39)(H2,34,37,40)/t14-,15-,16?,17-,18-,19-,20-,21-,31-/m1/s1. The number of fused-ring (bicyclic) bond motifs is 3. The van der Waals surface area contributed by atoms with Crippen molar-refractivity contribution in [3.05, 3.63) is 38.0 Å². The summed E-state index contributed by atoms with van der Waals surface area (Å²) in [5, 5.41) is 0. The van der Waals surface area contributed by atoms with E-state index in [0.29, 0.717) is 11.2 Å². The van der Waals surface area contributed by atoms with Gasteiger partial charge in [0.1, 0.15) is 78.6 Å². The van der Waals surface area contributed by atoms with Crippen LogP contribution in [0.3, 0.4) is 0 Å². The number of nitrogen functional groups attached to an aromatic ring is 3. The van der Waals surface area contributed by atoms with Crippen molar-refractivity contribution in [2.24, 2.45) is 0 Å². The Labute approximate surface area is 359 Å². The third kappa shape index (κ3) is 9.08. The minimum Gasteiger partial charge on any atom is -0.382 e. The lowest BCUT2D eigenvalue weighted by Crippen LogP contribution is -2.31. The third-order valence-electron chi connectivity index (χ3n) is 10.4. The molecule has 3 saturated heterocycles. The van der Waals surface area contributed by atoms with E-state index in [4.69, 9.17) is 58.8 Å². The second-order valence-corrected chi connectivity index (χ2v) is 19.3. The molecule has 0 bridgehead atoms. The summed E-state index contributed by atoms with van der Waals surface area (Å²) in [6.45, 7) is -0.143. The number of ether oxygens (including phenoxy) is 4. The first-order valence-electron chi connectivity index (χ1n) is 19.0. The lowest BCUT2D eigenvalue weighted by atomic mass is 10.2. The van der Waals surface area contributed by atoms with Gasteiger partial charge in [0, 0.05) is 33.0 Å². The molecule has 0 radical (unpaired) electrons. The molecular weight excluding hydrogens is 915 g/mol. The first-order valence-corrected chi connectivity index (χ1v) is 24.1. The molecule has 344 valence electrons. The fourth-order valence-corrected chi connectivity index (χ4v) is 9.93. The Morgan fingerprint density at radius 1 is 0.594 bits per heavy atom. The van der Waals surface area contributed by atoms with Crippen molar-refractivity contribution in [3.8, 4) is 0 Å². The molecule has 3 fully saturated rings. The molecule has 0 spiro atoms. The molecule has 4 unspecified atom stereocenters. The van der Waals surface area contributed by atoms with Crippen LogP contribution in [-0.4, -0.2) is 137 Å². The molecule has 0 aliphatic carbocycles. The second kappa shape index (κ2) is 17.2. The van der Waals surface area contributed by atoms with Crippen LogP contribution < -0.4 is 17.2 Å². The SMILES string of the molecule is CO[C@@H]1C[C@H](n2cnc3c(N)ncnc32)O[C@@H]1COP(=O)(O)O[C@H]1O[C@@H](n2cnc3c(N)ncnc32)CC1OP(=O)(O)O[C@@H]1C[C@H](n2cnc3c(N)ncnc32)O[C@@H]1COP(C)(=O)O. The molecule has 6 aromatic rings. The van der Waals surface area contributed by atoms with Crippen molar-refractivity contribution < 1.29 is 69.9 Å². The van der Waals surface area contributed by atoms with Crippen LogP contribution in [0.25, 0.3) is 33.5 Å². The second-order valence-electron chi connectivity index (χ2n) is 14.7. The van der Waals surface area contributed by atoms with Gasteiger partial charge in [-0.2, -0.15) is 0 Å². The summed E-state index contributed by atoms with van der Waals surface area (Å²) in [4.78, 5) is 69.4. The largest absolute Gasteiger partial charge is 0.474 e. The number of methoxy groups -OCH3 is 1. The van der Waals surface area contributed by atoms with Crippen LogP contribution in [0.5, 0.6) is 0 Å². The Balaban J connectivity index is 0.927. The Morgan fingerprint density at radius 2 is 1.02 bits per heavy atom. The molecule has 12 atom stereocenters. The summed E-state index contributed by atoms with van der Waals surface area (Å²) in [6, 6.07) is 0. The highest BCUT2D eigenvalue weighted by molar-refractivity contribution is 7.51. The van der Waals surface area contributed by atoms with E-state index in [1.807, 2.05) is 0 Å². The van der Waals surface area contributed by atoms with E-state index in [-0.39, 0.29) is 59.0 Å². The first kappa shape index (κ1) is 44.5. The number of anilines is 3. The van der Waals surface area contributed by atoms with Crippen molar-refractivity contribution in [3.63, 3.8) is 0 Å². The van der Waals surface area contributed by atoms with E-state index in [1.165, 1.54) is 54.2 Å². The summed E-state index contributed by atoms with van der Waals surface area (Å²) in [6.07, 6.45) is -2.85. The highest BCUT2D eigenvalue weighted by Crippen LogP contribution is 2.55. The van der Waals surface area contributed by atoms with Crippen LogP contribution in [0.1, 0.15) is 37.9 Å². The summed E-state index contributed by atoms with van der Waals surface area (Å²) >= 11 is 0. The number of rotatable bonds is 16. The van der Waals surface area contributed by atoms with Gasteiger partial charge in [0.2, 0.25) is 0 Å². The topological polar surface area (TPSA) is 404 Å². The highest BCUT2D eigenvalue weighted by atomic mass is 31.2. The van der Waals surface area contributed by atoms with Gasteiger partial charge in [-0.05, 0) is 0 Å². The fraction of sp³-hybridized carbons (Fsp3) is 0.516. The minimum absolute atomic E-state index is 0.0454. The van der Waals surface area contributed by atoms with Crippen LogP contribution >= 0.6 is 23.2 Å². The van der Waals surface area contributed by atoms with Gasteiger partial charge >= 0.3 is 23.2 Å². The molecule has 9 N–H and O–H groups in total. The first-order chi connectivity index (χ1) is 30.5. The zero-order valence-electron chi connectivity index (χ0n) is 33.4. The molecule has 0 aromatic carbocycles. The van der Waals surface area contributed by atoms with Gasteiger partial charge in [0.15, 0.2) is 40.7 Å². The minimum atomic E-state index is -5.25. The van der Waals surface area contributed by atoms with Crippen LogP contribution in [-0.2, 0) is 55.3 Å². The number of aromatic nitrogens is 12. The molecule has 3 aliphatic rings. The zero-order chi connectivity index (χ0) is 45.1. The summed E-state index contributed by atoms with van der Waals surface area (Å²) in [5.41, 5.74) is 19.5. The van der Waals surface area contributed by atoms with Gasteiger partial charge in [-0.3, -0.25) is 36.4 Å². The monoisotopic (exact) mass is 955 g/mol. The maximum atomic E-state index is 14.0. The van der Waals surface area contributed by atoms with E-state index >= 15 is 0 Å². The summed E-state index contributed by atoms with van der Waals surface area (Å²) in [7, 11) is -13.0. The molecule has 0 amide bonds. The lowest BCUT2D eigenvalue weighted by Gasteiger charge is -2.26. The smallest absolute Gasteiger partial charge is 0.382 e. The molecule has 6 aromatic heterocycles. The molecule has 30 nitrogen and oxygen atoms in total. The van der Waals surface area contributed by atoms with E-state index in [1.54, 1.807) is 4.57 Å². The van der Waals surface area contributed by atoms with Gasteiger partial charge in [-0.1, -0.05) is 0 Å². The van der Waals surface area contributed by atoms with Crippen molar-refractivity contribution >= 4 is 74.2 Å². The average molecular weight is 956 g/mol. The Bertz CT molecular complexity index is 2830. The van der Waals surface area contributed by atoms with Crippen LogP contribution in [0.15, 0.2) is 38.0 Å². The van der Waals surface area contributed by atoms with Gasteiger partial charge < -0.3 is 55.4 Å². The molecule has 0 saturated carbocycles. The van der Waals surface area contributed by atoms with Gasteiger partial charge in [0.25, 0.3) is 0 Å². The predicted octanol–water partition coefficient (Wildman–Crippen LogP) is 0.924. The predicted molar refractivity (Wildman–Crippen MR) is 214 cm³/mol. The number of imidazole rings is 3. The molecule has 3 aliphatic heterocycles. The maximum Gasteiger partial charge on any atom is 0.474 e. The Hall–Kier alpha value is -4.74. The van der Waals surface area contributed by atoms with Crippen molar-refractivity contribution in [1.29, 1.82) is 0 Å². The highest BCUT2D eigenvalue weighted by Gasteiger charge is 2.49. The number of nitrogens with two attached hydrogens (primary N) is 3. The quantitative estimate of drug-likeness (QED) is 0.0735. The fourth-order valence-electron chi connectivity index (χ4n) is 7.52. The number of phosphoric ester groups is 2. The molecule has 64 heavy (non-hydrogen) atoms. The van der Waals surface area contributed by atoms with Crippen molar-refractivity contribution in [2.75, 3.05) is 44.2 Å². The number of phosphoric acid groups is 2. The Kier molecular flexibility index (Phi) is 12.0.